The molecule has 0 fully saturated rings. The molecule has 5 nitrogen and oxygen atoms in total. The Morgan fingerprint density at radius 3 is 2.09 bits per heavy atom. The molecule has 5 heteroatoms. The second-order valence-corrected chi connectivity index (χ2v) is 5.15. The first kappa shape index (κ1) is 15.7. The van der Waals surface area contributed by atoms with Crippen molar-refractivity contribution in [2.75, 3.05) is 11.9 Å². The highest BCUT2D eigenvalue weighted by Crippen LogP contribution is 2.18. The third-order valence-electron chi connectivity index (χ3n) is 3.68. The van der Waals surface area contributed by atoms with Gasteiger partial charge < -0.3 is 4.90 Å². The Hall–Kier alpha value is -2.66. The third kappa shape index (κ3) is 3.15. The average Bonchev–Trinajstić information content (AvgIpc) is 2.55. The summed E-state index contributed by atoms with van der Waals surface area (Å²) in [6.45, 7) is 3.96. The van der Waals surface area contributed by atoms with Crippen LogP contribution in [0.15, 0.2) is 42.5 Å². The maximum Gasteiger partial charge on any atom is 0.274 e. The van der Waals surface area contributed by atoms with E-state index in [1.807, 2.05) is 26.0 Å². The summed E-state index contributed by atoms with van der Waals surface area (Å²) in [6.07, 6.45) is 0. The van der Waals surface area contributed by atoms with Crippen molar-refractivity contribution in [3.8, 4) is 0 Å². The number of carbonyl (C=O) groups is 2. The smallest absolute Gasteiger partial charge is 0.274 e. The first-order valence-electron chi connectivity index (χ1n) is 6.84. The van der Waals surface area contributed by atoms with Gasteiger partial charge in [-0.1, -0.05) is 6.07 Å². The Kier molecular flexibility index (Phi) is 4.58. The summed E-state index contributed by atoms with van der Waals surface area (Å²) in [5.41, 5.74) is 5.37. The first-order valence-corrected chi connectivity index (χ1v) is 6.84. The number of rotatable bonds is 3. The van der Waals surface area contributed by atoms with Crippen LogP contribution in [0.4, 0.5) is 5.69 Å². The number of nitrogens with one attached hydrogen (secondary N) is 1. The van der Waals surface area contributed by atoms with Crippen molar-refractivity contribution >= 4 is 17.5 Å². The molecule has 0 aromatic heterocycles. The van der Waals surface area contributed by atoms with Gasteiger partial charge >= 0.3 is 0 Å². The van der Waals surface area contributed by atoms with E-state index in [0.717, 1.165) is 11.1 Å². The van der Waals surface area contributed by atoms with E-state index in [4.69, 9.17) is 5.21 Å². The second-order valence-electron chi connectivity index (χ2n) is 5.15. The molecule has 0 aliphatic heterocycles. The lowest BCUT2D eigenvalue weighted by Crippen LogP contribution is -2.26. The number of amides is 2. The van der Waals surface area contributed by atoms with Gasteiger partial charge in [-0.25, -0.2) is 5.48 Å². The van der Waals surface area contributed by atoms with E-state index in [2.05, 4.69) is 0 Å². The van der Waals surface area contributed by atoms with Crippen molar-refractivity contribution in [3.63, 3.8) is 0 Å². The molecule has 0 aliphatic carbocycles. The summed E-state index contributed by atoms with van der Waals surface area (Å²) in [5.74, 6) is -0.711. The highest BCUT2D eigenvalue weighted by Gasteiger charge is 2.14. The number of hydroxylamine groups is 1. The summed E-state index contributed by atoms with van der Waals surface area (Å²) < 4.78 is 0. The molecular weight excluding hydrogens is 280 g/mol. The molecule has 2 aromatic rings. The first-order chi connectivity index (χ1) is 10.4. The van der Waals surface area contributed by atoms with Gasteiger partial charge in [0, 0.05) is 23.9 Å². The van der Waals surface area contributed by atoms with Crippen LogP contribution in [0.25, 0.3) is 0 Å². The molecule has 0 radical (unpaired) electrons. The summed E-state index contributed by atoms with van der Waals surface area (Å²) in [4.78, 5) is 25.3. The monoisotopic (exact) mass is 298 g/mol. The van der Waals surface area contributed by atoms with Gasteiger partial charge in [-0.3, -0.25) is 14.8 Å². The van der Waals surface area contributed by atoms with Gasteiger partial charge in [-0.2, -0.15) is 0 Å². The predicted octanol–water partition coefficient (Wildman–Crippen LogP) is 2.70. The number of aryl methyl sites for hydroxylation is 2. The number of carbonyl (C=O) groups excluding carboxylic acids is 2. The highest BCUT2D eigenvalue weighted by atomic mass is 16.5. The quantitative estimate of drug-likeness (QED) is 0.676. The van der Waals surface area contributed by atoms with Crippen LogP contribution >= 0.6 is 0 Å². The third-order valence-corrected chi connectivity index (χ3v) is 3.68. The molecule has 2 rings (SSSR count). The highest BCUT2D eigenvalue weighted by molar-refractivity contribution is 6.06. The van der Waals surface area contributed by atoms with Crippen molar-refractivity contribution in [2.24, 2.45) is 0 Å². The van der Waals surface area contributed by atoms with E-state index in [-0.39, 0.29) is 5.91 Å². The Morgan fingerprint density at radius 1 is 0.955 bits per heavy atom. The normalized spacial score (nSPS) is 10.2. The van der Waals surface area contributed by atoms with E-state index in [0.29, 0.717) is 16.8 Å². The molecule has 2 aromatic carbocycles. The Balaban J connectivity index is 2.23. The minimum absolute atomic E-state index is 0.123. The van der Waals surface area contributed by atoms with Gasteiger partial charge in [-0.05, 0) is 61.4 Å². The van der Waals surface area contributed by atoms with Gasteiger partial charge in [0.15, 0.2) is 0 Å². The van der Waals surface area contributed by atoms with Crippen molar-refractivity contribution in [3.05, 3.63) is 64.7 Å². The van der Waals surface area contributed by atoms with Gasteiger partial charge in [0.2, 0.25) is 0 Å². The predicted molar refractivity (Wildman–Crippen MR) is 84.3 cm³/mol. The molecule has 0 heterocycles. The molecule has 114 valence electrons. The van der Waals surface area contributed by atoms with Crippen molar-refractivity contribution in [1.29, 1.82) is 0 Å². The molecule has 0 bridgehead atoms. The molecule has 0 spiro atoms. The summed E-state index contributed by atoms with van der Waals surface area (Å²) in [7, 11) is 1.68. The molecule has 2 N–H and O–H groups in total. The van der Waals surface area contributed by atoms with Crippen LogP contribution in [0.5, 0.6) is 0 Å². The van der Waals surface area contributed by atoms with E-state index < -0.39 is 5.91 Å². The van der Waals surface area contributed by atoms with Gasteiger partial charge in [0.1, 0.15) is 0 Å². The fourth-order valence-electron chi connectivity index (χ4n) is 2.09. The SMILES string of the molecule is Cc1ccc(C(=O)N(C)c2ccc(C(=O)NO)cc2)cc1C. The summed E-state index contributed by atoms with van der Waals surface area (Å²) in [5, 5.41) is 8.59. The molecule has 22 heavy (non-hydrogen) atoms. The van der Waals surface area contributed by atoms with Crippen LogP contribution in [-0.2, 0) is 0 Å². The molecule has 0 saturated carbocycles. The van der Waals surface area contributed by atoms with E-state index in [9.17, 15) is 9.59 Å². The topological polar surface area (TPSA) is 69.6 Å². The Morgan fingerprint density at radius 2 is 1.55 bits per heavy atom. The molecule has 0 aliphatic rings. The average molecular weight is 298 g/mol. The Labute approximate surface area is 129 Å². The molecule has 0 atom stereocenters. The van der Waals surface area contributed by atoms with Crippen LogP contribution < -0.4 is 10.4 Å². The zero-order chi connectivity index (χ0) is 16.3. The standard InChI is InChI=1S/C17H18N2O3/c1-11-4-5-14(10-12(11)2)17(21)19(3)15-8-6-13(7-9-15)16(20)18-22/h4-10,22H,1-3H3,(H,18,20). The maximum absolute atomic E-state index is 12.5. The molecule has 0 unspecified atom stereocenters. The maximum atomic E-state index is 12.5. The summed E-state index contributed by atoms with van der Waals surface area (Å²) in [6, 6.07) is 12.0. The minimum Gasteiger partial charge on any atom is -0.311 e. The van der Waals surface area contributed by atoms with Gasteiger partial charge in [-0.15, -0.1) is 0 Å². The van der Waals surface area contributed by atoms with Crippen LogP contribution in [0, 0.1) is 13.8 Å². The second kappa shape index (κ2) is 6.41. The van der Waals surface area contributed by atoms with Crippen LogP contribution in [-0.4, -0.2) is 24.1 Å². The Bertz CT molecular complexity index is 708. The number of anilines is 1. The van der Waals surface area contributed by atoms with Crippen LogP contribution in [0.2, 0.25) is 0 Å². The molecule has 0 saturated heterocycles. The number of hydrogen-bond donors (Lipinski definition) is 2. The van der Waals surface area contributed by atoms with Gasteiger partial charge in [0.25, 0.3) is 11.8 Å². The largest absolute Gasteiger partial charge is 0.311 e. The van der Waals surface area contributed by atoms with E-state index >= 15 is 0 Å². The van der Waals surface area contributed by atoms with Crippen molar-refractivity contribution in [2.45, 2.75) is 13.8 Å². The molecular formula is C17H18N2O3. The fraction of sp³-hybridized carbons (Fsp3) is 0.176. The van der Waals surface area contributed by atoms with Gasteiger partial charge in [0.05, 0.1) is 0 Å². The van der Waals surface area contributed by atoms with E-state index in [1.165, 1.54) is 4.90 Å². The zero-order valence-corrected chi connectivity index (χ0v) is 12.8. The van der Waals surface area contributed by atoms with Crippen LogP contribution in [0.3, 0.4) is 0 Å². The van der Waals surface area contributed by atoms with Crippen molar-refractivity contribution in [1.82, 2.24) is 5.48 Å². The van der Waals surface area contributed by atoms with Crippen LogP contribution in [0.1, 0.15) is 31.8 Å². The lowest BCUT2D eigenvalue weighted by atomic mass is 10.1. The minimum atomic E-state index is -0.588. The fourth-order valence-corrected chi connectivity index (χ4v) is 2.09. The zero-order valence-electron chi connectivity index (χ0n) is 12.8. The summed E-state index contributed by atoms with van der Waals surface area (Å²) >= 11 is 0. The lowest BCUT2D eigenvalue weighted by molar-refractivity contribution is 0.0706. The van der Waals surface area contributed by atoms with Crippen molar-refractivity contribution < 1.29 is 14.8 Å². The number of benzene rings is 2. The number of nitrogens with zero attached hydrogens (tertiary/aromatic N) is 1. The van der Waals surface area contributed by atoms with E-state index in [1.54, 1.807) is 42.9 Å². The lowest BCUT2D eigenvalue weighted by Gasteiger charge is -2.18. The molecule has 2 amide bonds. The number of hydrogen-bond acceptors (Lipinski definition) is 3.